The quantitative estimate of drug-likeness (QED) is 0.652. The highest BCUT2D eigenvalue weighted by Crippen LogP contribution is 2.17. The lowest BCUT2D eigenvalue weighted by Crippen LogP contribution is -2.49. The van der Waals surface area contributed by atoms with Gasteiger partial charge in [-0.2, -0.15) is 0 Å². The van der Waals surface area contributed by atoms with Gasteiger partial charge in [0, 0.05) is 31.8 Å². The minimum atomic E-state index is -0.483. The normalized spacial score (nSPS) is 21.9. The summed E-state index contributed by atoms with van der Waals surface area (Å²) < 4.78 is 0. The summed E-state index contributed by atoms with van der Waals surface area (Å²) in [6, 6.07) is 5.83. The van der Waals surface area contributed by atoms with Gasteiger partial charge in [-0.3, -0.25) is 10.1 Å². The Labute approximate surface area is 122 Å². The number of nitro benzene ring substituents is 1. The molecule has 0 radical (unpaired) electrons. The van der Waals surface area contributed by atoms with Gasteiger partial charge in [0.1, 0.15) is 0 Å². The Morgan fingerprint density at radius 2 is 2.14 bits per heavy atom. The Morgan fingerprint density at radius 1 is 1.48 bits per heavy atom. The number of hydrogen-bond donors (Lipinski definition) is 2. The minimum Gasteiger partial charge on any atom is -0.391 e. The number of carbonyl (C=O) groups is 1. The molecular weight excluding hydrogens is 274 g/mol. The summed E-state index contributed by atoms with van der Waals surface area (Å²) in [6.45, 7) is 3.24. The zero-order valence-electron chi connectivity index (χ0n) is 11.9. The number of non-ortho nitro benzene ring substituents is 1. The van der Waals surface area contributed by atoms with Crippen LogP contribution >= 0.6 is 0 Å². The zero-order valence-corrected chi connectivity index (χ0v) is 11.9. The van der Waals surface area contributed by atoms with E-state index in [4.69, 9.17) is 0 Å². The van der Waals surface area contributed by atoms with E-state index in [2.05, 4.69) is 5.32 Å². The molecule has 2 N–H and O–H groups in total. The molecule has 0 aliphatic carbocycles. The Balaban J connectivity index is 1.85. The van der Waals surface area contributed by atoms with Crippen molar-refractivity contribution in [3.05, 3.63) is 39.9 Å². The van der Waals surface area contributed by atoms with E-state index in [0.29, 0.717) is 19.6 Å². The highest BCUT2D eigenvalue weighted by Gasteiger charge is 2.26. The average molecular weight is 293 g/mol. The van der Waals surface area contributed by atoms with E-state index in [1.807, 2.05) is 6.92 Å². The van der Waals surface area contributed by atoms with Crippen molar-refractivity contribution >= 4 is 11.7 Å². The number of aliphatic hydroxyl groups excluding tert-OH is 1. The molecule has 1 heterocycles. The van der Waals surface area contributed by atoms with Crippen LogP contribution in [0.1, 0.15) is 18.9 Å². The monoisotopic (exact) mass is 293 g/mol. The Morgan fingerprint density at radius 3 is 2.71 bits per heavy atom. The topological polar surface area (TPSA) is 95.7 Å². The molecule has 7 nitrogen and oxygen atoms in total. The largest absolute Gasteiger partial charge is 0.391 e. The predicted molar refractivity (Wildman–Crippen MR) is 76.7 cm³/mol. The van der Waals surface area contributed by atoms with E-state index in [9.17, 15) is 20.0 Å². The van der Waals surface area contributed by atoms with Crippen molar-refractivity contribution in [3.8, 4) is 0 Å². The van der Waals surface area contributed by atoms with Crippen molar-refractivity contribution in [3.63, 3.8) is 0 Å². The van der Waals surface area contributed by atoms with Crippen molar-refractivity contribution in [2.75, 3.05) is 13.1 Å². The van der Waals surface area contributed by atoms with Gasteiger partial charge in [0.15, 0.2) is 0 Å². The van der Waals surface area contributed by atoms with Gasteiger partial charge in [0.2, 0.25) is 0 Å². The van der Waals surface area contributed by atoms with Gasteiger partial charge in [-0.05, 0) is 17.9 Å². The maximum Gasteiger partial charge on any atom is 0.317 e. The van der Waals surface area contributed by atoms with Crippen molar-refractivity contribution in [2.45, 2.75) is 26.0 Å². The third kappa shape index (κ3) is 3.91. The van der Waals surface area contributed by atoms with Gasteiger partial charge in [-0.1, -0.05) is 19.1 Å². The number of piperidine rings is 1. The van der Waals surface area contributed by atoms with E-state index < -0.39 is 11.0 Å². The lowest BCUT2D eigenvalue weighted by Gasteiger charge is -2.34. The van der Waals surface area contributed by atoms with Gasteiger partial charge in [0.05, 0.1) is 11.0 Å². The van der Waals surface area contributed by atoms with E-state index in [1.54, 1.807) is 17.0 Å². The van der Waals surface area contributed by atoms with Crippen molar-refractivity contribution in [1.29, 1.82) is 0 Å². The van der Waals surface area contributed by atoms with E-state index in [1.165, 1.54) is 12.1 Å². The fourth-order valence-corrected chi connectivity index (χ4v) is 2.26. The Hall–Kier alpha value is -2.15. The first-order chi connectivity index (χ1) is 9.97. The van der Waals surface area contributed by atoms with Crippen molar-refractivity contribution in [2.24, 2.45) is 5.92 Å². The Bertz CT molecular complexity index is 517. The first kappa shape index (κ1) is 15.2. The van der Waals surface area contributed by atoms with Crippen LogP contribution in [0.3, 0.4) is 0 Å². The summed E-state index contributed by atoms with van der Waals surface area (Å²) in [5.74, 6) is 0.212. The predicted octanol–water partition coefficient (Wildman–Crippen LogP) is 1.51. The van der Waals surface area contributed by atoms with Gasteiger partial charge in [-0.15, -0.1) is 0 Å². The summed E-state index contributed by atoms with van der Waals surface area (Å²) in [6.07, 6.45) is 0.301. The number of aliphatic hydroxyl groups is 1. The summed E-state index contributed by atoms with van der Waals surface area (Å²) in [7, 11) is 0. The van der Waals surface area contributed by atoms with Crippen LogP contribution in [-0.4, -0.2) is 40.2 Å². The maximum atomic E-state index is 12.0. The summed E-state index contributed by atoms with van der Waals surface area (Å²) in [4.78, 5) is 23.7. The molecule has 2 rings (SSSR count). The van der Waals surface area contributed by atoms with Gasteiger partial charge < -0.3 is 15.3 Å². The average Bonchev–Trinajstić information content (AvgIpc) is 2.48. The molecule has 21 heavy (non-hydrogen) atoms. The second kappa shape index (κ2) is 6.53. The van der Waals surface area contributed by atoms with Crippen LogP contribution in [-0.2, 0) is 6.54 Å². The highest BCUT2D eigenvalue weighted by molar-refractivity contribution is 5.74. The second-order valence-corrected chi connectivity index (χ2v) is 5.36. The van der Waals surface area contributed by atoms with Crippen LogP contribution in [0.4, 0.5) is 10.5 Å². The molecule has 1 aromatic rings. The standard InChI is InChI=1S/C14H19N3O4/c1-10-6-7-16(9-13(10)18)14(19)15-8-11-2-4-12(5-3-11)17(20)21/h2-5,10,13,18H,6-9H2,1H3,(H,15,19). The number of nitro groups is 1. The number of rotatable bonds is 3. The molecule has 0 bridgehead atoms. The van der Waals surface area contributed by atoms with Crippen LogP contribution in [0.5, 0.6) is 0 Å². The highest BCUT2D eigenvalue weighted by atomic mass is 16.6. The molecular formula is C14H19N3O4. The lowest BCUT2D eigenvalue weighted by atomic mass is 9.96. The molecule has 1 saturated heterocycles. The fourth-order valence-electron chi connectivity index (χ4n) is 2.26. The number of nitrogens with one attached hydrogen (secondary N) is 1. The molecule has 0 spiro atoms. The second-order valence-electron chi connectivity index (χ2n) is 5.36. The number of likely N-dealkylation sites (tertiary alicyclic amines) is 1. The number of urea groups is 1. The molecule has 0 aromatic heterocycles. The number of nitrogens with zero attached hydrogens (tertiary/aromatic N) is 2. The molecule has 0 saturated carbocycles. The minimum absolute atomic E-state index is 0.0261. The number of hydrogen-bond acceptors (Lipinski definition) is 4. The van der Waals surface area contributed by atoms with Gasteiger partial charge in [0.25, 0.3) is 5.69 Å². The van der Waals surface area contributed by atoms with Crippen molar-refractivity contribution < 1.29 is 14.8 Å². The number of carbonyl (C=O) groups excluding carboxylic acids is 1. The SMILES string of the molecule is CC1CCN(C(=O)NCc2ccc([N+](=O)[O-])cc2)CC1O. The first-order valence-electron chi connectivity index (χ1n) is 6.91. The third-order valence-electron chi connectivity index (χ3n) is 3.80. The summed E-state index contributed by atoms with van der Waals surface area (Å²) in [5.41, 5.74) is 0.818. The molecule has 2 unspecified atom stereocenters. The molecule has 114 valence electrons. The number of benzene rings is 1. The van der Waals surface area contributed by atoms with Crippen LogP contribution in [0.15, 0.2) is 24.3 Å². The molecule has 1 fully saturated rings. The third-order valence-corrected chi connectivity index (χ3v) is 3.80. The molecule has 1 aromatic carbocycles. The van der Waals surface area contributed by atoms with Crippen LogP contribution in [0.2, 0.25) is 0 Å². The summed E-state index contributed by atoms with van der Waals surface area (Å²) >= 11 is 0. The molecule has 1 aliphatic rings. The molecule has 2 atom stereocenters. The summed E-state index contributed by atoms with van der Waals surface area (Å²) in [5, 5.41) is 23.1. The smallest absolute Gasteiger partial charge is 0.317 e. The molecule has 1 aliphatic heterocycles. The zero-order chi connectivity index (χ0) is 15.4. The van der Waals surface area contributed by atoms with Gasteiger partial charge in [-0.25, -0.2) is 4.79 Å². The maximum absolute atomic E-state index is 12.0. The van der Waals surface area contributed by atoms with E-state index in [0.717, 1.165) is 12.0 Å². The lowest BCUT2D eigenvalue weighted by molar-refractivity contribution is -0.384. The van der Waals surface area contributed by atoms with Crippen LogP contribution in [0.25, 0.3) is 0 Å². The van der Waals surface area contributed by atoms with Crippen molar-refractivity contribution in [1.82, 2.24) is 10.2 Å². The van der Waals surface area contributed by atoms with E-state index >= 15 is 0 Å². The molecule has 2 amide bonds. The van der Waals surface area contributed by atoms with Crippen LogP contribution < -0.4 is 5.32 Å². The Kier molecular flexibility index (Phi) is 4.74. The fraction of sp³-hybridized carbons (Fsp3) is 0.500. The number of amides is 2. The first-order valence-corrected chi connectivity index (χ1v) is 6.91. The van der Waals surface area contributed by atoms with Gasteiger partial charge >= 0.3 is 6.03 Å². The van der Waals surface area contributed by atoms with E-state index in [-0.39, 0.29) is 17.6 Å². The number of β-amino-alcohol motifs (C(OH)–C–C–N with tert-alkyl or cyclic N) is 1. The molecule has 7 heteroatoms. The van der Waals surface area contributed by atoms with Crippen LogP contribution in [0, 0.1) is 16.0 Å².